The van der Waals surface area contributed by atoms with Crippen LogP contribution in [-0.4, -0.2) is 24.1 Å². The third kappa shape index (κ3) is 8.36. The molecule has 0 radical (unpaired) electrons. The van der Waals surface area contributed by atoms with Gasteiger partial charge in [-0.05, 0) is 60.9 Å². The van der Waals surface area contributed by atoms with Crippen LogP contribution in [0.2, 0.25) is 10.0 Å². The maximum Gasteiger partial charge on any atom is 0.262 e. The highest BCUT2D eigenvalue weighted by Gasteiger charge is 2.22. The smallest absolute Gasteiger partial charge is 0.262 e. The Hall–Kier alpha value is -2.87. The van der Waals surface area contributed by atoms with Crippen LogP contribution in [0.1, 0.15) is 41.8 Å². The van der Waals surface area contributed by atoms with Crippen molar-refractivity contribution >= 4 is 57.2 Å². The summed E-state index contributed by atoms with van der Waals surface area (Å²) in [6.45, 7) is 4.23. The standard InChI is InChI=1S/C27H26BrCl2N3O3/c1-17(2)13-24(32-26(34)18-7-10-22(29)11-8-18)27(35)33-31-15-20-14-21(28)9-12-25(20)36-16-19-5-3-4-6-23(19)30/h3-12,14-15,17,24H,13,16H2,1-2H3,(H,32,34)(H,33,35). The van der Waals surface area contributed by atoms with Crippen LogP contribution in [0.5, 0.6) is 5.75 Å². The number of halogens is 3. The Kier molecular flexibility index (Phi) is 10.3. The number of rotatable bonds is 10. The summed E-state index contributed by atoms with van der Waals surface area (Å²) >= 11 is 15.6. The second-order valence-electron chi connectivity index (χ2n) is 8.46. The van der Waals surface area contributed by atoms with Gasteiger partial charge in [-0.15, -0.1) is 0 Å². The summed E-state index contributed by atoms with van der Waals surface area (Å²) in [5, 5.41) is 8.05. The Balaban J connectivity index is 1.68. The molecule has 1 unspecified atom stereocenters. The van der Waals surface area contributed by atoms with Crippen LogP contribution in [0.25, 0.3) is 0 Å². The summed E-state index contributed by atoms with van der Waals surface area (Å²) in [6.07, 6.45) is 1.95. The largest absolute Gasteiger partial charge is 0.488 e. The molecule has 9 heteroatoms. The fraction of sp³-hybridized carbons (Fsp3) is 0.222. The molecule has 36 heavy (non-hydrogen) atoms. The van der Waals surface area contributed by atoms with Gasteiger partial charge in [0.2, 0.25) is 0 Å². The van der Waals surface area contributed by atoms with E-state index in [4.69, 9.17) is 27.9 Å². The Bertz CT molecular complexity index is 1230. The maximum absolute atomic E-state index is 12.9. The van der Waals surface area contributed by atoms with Crippen molar-refractivity contribution in [3.05, 3.63) is 97.9 Å². The van der Waals surface area contributed by atoms with E-state index in [9.17, 15) is 9.59 Å². The lowest BCUT2D eigenvalue weighted by Gasteiger charge is -2.19. The molecule has 188 valence electrons. The van der Waals surface area contributed by atoms with E-state index in [-0.39, 0.29) is 18.4 Å². The van der Waals surface area contributed by atoms with E-state index in [1.165, 1.54) is 6.21 Å². The molecule has 1 atom stereocenters. The molecule has 0 aliphatic carbocycles. The highest BCUT2D eigenvalue weighted by molar-refractivity contribution is 9.10. The normalized spacial score (nSPS) is 11.9. The molecule has 0 bridgehead atoms. The predicted octanol–water partition coefficient (Wildman–Crippen LogP) is 6.63. The number of carbonyl (C=O) groups excluding carboxylic acids is 2. The van der Waals surface area contributed by atoms with Gasteiger partial charge in [0.1, 0.15) is 18.4 Å². The summed E-state index contributed by atoms with van der Waals surface area (Å²) in [4.78, 5) is 25.5. The molecule has 0 saturated heterocycles. The maximum atomic E-state index is 12.9. The molecular formula is C27H26BrCl2N3O3. The molecule has 2 amide bonds. The van der Waals surface area contributed by atoms with E-state index in [2.05, 4.69) is 31.8 Å². The summed E-state index contributed by atoms with van der Waals surface area (Å²) in [6, 6.07) is 18.6. The number of hydrogen-bond acceptors (Lipinski definition) is 4. The number of hydrogen-bond donors (Lipinski definition) is 2. The average Bonchev–Trinajstić information content (AvgIpc) is 2.84. The monoisotopic (exact) mass is 589 g/mol. The van der Waals surface area contributed by atoms with Gasteiger partial charge < -0.3 is 10.1 Å². The van der Waals surface area contributed by atoms with E-state index in [1.807, 2.05) is 44.2 Å². The Morgan fingerprint density at radius 1 is 1.06 bits per heavy atom. The zero-order chi connectivity index (χ0) is 26.1. The number of benzene rings is 3. The summed E-state index contributed by atoms with van der Waals surface area (Å²) < 4.78 is 6.78. The highest BCUT2D eigenvalue weighted by Crippen LogP contribution is 2.24. The first kappa shape index (κ1) is 27.7. The number of nitrogens with one attached hydrogen (secondary N) is 2. The van der Waals surface area contributed by atoms with Gasteiger partial charge in [0.25, 0.3) is 11.8 Å². The topological polar surface area (TPSA) is 79.8 Å². The summed E-state index contributed by atoms with van der Waals surface area (Å²) in [7, 11) is 0. The highest BCUT2D eigenvalue weighted by atomic mass is 79.9. The van der Waals surface area contributed by atoms with Crippen LogP contribution in [0.4, 0.5) is 0 Å². The second kappa shape index (κ2) is 13.4. The van der Waals surface area contributed by atoms with E-state index < -0.39 is 11.9 Å². The fourth-order valence-corrected chi connectivity index (χ4v) is 4.01. The summed E-state index contributed by atoms with van der Waals surface area (Å²) in [5.74, 6) is -0.0366. The van der Waals surface area contributed by atoms with E-state index in [0.717, 1.165) is 10.0 Å². The first-order valence-electron chi connectivity index (χ1n) is 11.3. The number of carbonyl (C=O) groups is 2. The lowest BCUT2D eigenvalue weighted by molar-refractivity contribution is -0.123. The molecule has 0 aromatic heterocycles. The van der Waals surface area contributed by atoms with Gasteiger partial charge in [-0.3, -0.25) is 9.59 Å². The molecule has 0 fully saturated rings. The van der Waals surface area contributed by atoms with Crippen LogP contribution in [0.15, 0.2) is 76.3 Å². The molecule has 3 aromatic carbocycles. The number of nitrogens with zero attached hydrogens (tertiary/aromatic N) is 1. The molecule has 0 heterocycles. The van der Waals surface area contributed by atoms with Gasteiger partial charge in [-0.2, -0.15) is 5.10 Å². The zero-order valence-electron chi connectivity index (χ0n) is 19.8. The first-order chi connectivity index (χ1) is 17.2. The van der Waals surface area contributed by atoms with Crippen LogP contribution in [-0.2, 0) is 11.4 Å². The lowest BCUT2D eigenvalue weighted by atomic mass is 10.0. The van der Waals surface area contributed by atoms with Crippen molar-refractivity contribution in [2.75, 3.05) is 0 Å². The molecule has 0 aliphatic rings. The summed E-state index contributed by atoms with van der Waals surface area (Å²) in [5.41, 5.74) is 4.46. The van der Waals surface area contributed by atoms with Gasteiger partial charge in [0, 0.05) is 31.2 Å². The SMILES string of the molecule is CC(C)CC(NC(=O)c1ccc(Cl)cc1)C(=O)NN=Cc1cc(Br)ccc1OCc1ccccc1Cl. The van der Waals surface area contributed by atoms with Gasteiger partial charge in [0.05, 0.1) is 6.21 Å². The van der Waals surface area contributed by atoms with Crippen LogP contribution < -0.4 is 15.5 Å². The van der Waals surface area contributed by atoms with Gasteiger partial charge in [-0.25, -0.2) is 5.43 Å². The number of hydrazone groups is 1. The molecule has 3 rings (SSSR count). The van der Waals surface area contributed by atoms with Crippen molar-refractivity contribution in [1.82, 2.24) is 10.7 Å². The van der Waals surface area contributed by atoms with Crippen molar-refractivity contribution in [3.63, 3.8) is 0 Å². The Labute approximate surface area is 229 Å². The number of ether oxygens (including phenoxy) is 1. The van der Waals surface area contributed by atoms with E-state index >= 15 is 0 Å². The van der Waals surface area contributed by atoms with Crippen molar-refractivity contribution in [3.8, 4) is 5.75 Å². The van der Waals surface area contributed by atoms with Crippen molar-refractivity contribution in [2.45, 2.75) is 32.9 Å². The minimum atomic E-state index is -0.760. The molecule has 0 spiro atoms. The first-order valence-corrected chi connectivity index (χ1v) is 12.8. The van der Waals surface area contributed by atoms with Crippen molar-refractivity contribution in [2.24, 2.45) is 11.0 Å². The average molecular weight is 591 g/mol. The fourth-order valence-electron chi connectivity index (χ4n) is 3.31. The third-order valence-electron chi connectivity index (χ3n) is 5.13. The van der Waals surface area contributed by atoms with Gasteiger partial charge >= 0.3 is 0 Å². The van der Waals surface area contributed by atoms with Crippen LogP contribution in [0.3, 0.4) is 0 Å². The quantitative estimate of drug-likeness (QED) is 0.205. The second-order valence-corrected chi connectivity index (χ2v) is 10.2. The van der Waals surface area contributed by atoms with Crippen LogP contribution in [0, 0.1) is 5.92 Å². The van der Waals surface area contributed by atoms with Crippen LogP contribution >= 0.6 is 39.1 Å². The minimum absolute atomic E-state index is 0.171. The molecule has 3 aromatic rings. The third-order valence-corrected chi connectivity index (χ3v) is 6.24. The van der Waals surface area contributed by atoms with E-state index in [0.29, 0.717) is 33.3 Å². The predicted molar refractivity (Wildman–Crippen MR) is 148 cm³/mol. The Morgan fingerprint density at radius 2 is 1.78 bits per heavy atom. The van der Waals surface area contributed by atoms with Gasteiger partial charge in [0.15, 0.2) is 0 Å². The molecular weight excluding hydrogens is 565 g/mol. The zero-order valence-corrected chi connectivity index (χ0v) is 22.9. The molecule has 0 saturated carbocycles. The van der Waals surface area contributed by atoms with Crippen molar-refractivity contribution < 1.29 is 14.3 Å². The van der Waals surface area contributed by atoms with Crippen molar-refractivity contribution in [1.29, 1.82) is 0 Å². The Morgan fingerprint density at radius 3 is 2.47 bits per heavy atom. The molecule has 6 nitrogen and oxygen atoms in total. The molecule has 2 N–H and O–H groups in total. The molecule has 0 aliphatic heterocycles. The van der Waals surface area contributed by atoms with Gasteiger partial charge in [-0.1, -0.05) is 71.2 Å². The minimum Gasteiger partial charge on any atom is -0.488 e. The number of amides is 2. The van der Waals surface area contributed by atoms with E-state index in [1.54, 1.807) is 36.4 Å². The lowest BCUT2D eigenvalue weighted by Crippen LogP contribution is -2.46.